The summed E-state index contributed by atoms with van der Waals surface area (Å²) in [6.45, 7) is 2.21. The van der Waals surface area contributed by atoms with Crippen LogP contribution in [0.25, 0.3) is 0 Å². The van der Waals surface area contributed by atoms with Gasteiger partial charge in [0, 0.05) is 11.3 Å². The summed E-state index contributed by atoms with van der Waals surface area (Å²) in [5.74, 6) is 7.97. The molecule has 4 N–H and O–H groups in total. The highest BCUT2D eigenvalue weighted by Gasteiger charge is 2.28. The SMILES string of the molecule is CCSC1CCCC1Nc1ncnc(NN)c1Br. The van der Waals surface area contributed by atoms with Crippen LogP contribution >= 0.6 is 27.7 Å². The highest BCUT2D eigenvalue weighted by atomic mass is 79.9. The smallest absolute Gasteiger partial charge is 0.159 e. The molecule has 18 heavy (non-hydrogen) atoms. The quantitative estimate of drug-likeness (QED) is 0.568. The highest BCUT2D eigenvalue weighted by molar-refractivity contribution is 9.10. The summed E-state index contributed by atoms with van der Waals surface area (Å²) in [5.41, 5.74) is 2.55. The summed E-state index contributed by atoms with van der Waals surface area (Å²) >= 11 is 5.49. The second-order valence-electron chi connectivity index (χ2n) is 4.20. The van der Waals surface area contributed by atoms with Crippen LogP contribution in [0.5, 0.6) is 0 Å². The molecule has 2 rings (SSSR count). The number of nitrogen functional groups attached to an aromatic ring is 1. The predicted molar refractivity (Wildman–Crippen MR) is 80.7 cm³/mol. The third-order valence-corrected chi connectivity index (χ3v) is 5.16. The fourth-order valence-electron chi connectivity index (χ4n) is 2.25. The summed E-state index contributed by atoms with van der Waals surface area (Å²) in [6, 6.07) is 0.478. The Morgan fingerprint density at radius 2 is 2.22 bits per heavy atom. The second kappa shape index (κ2) is 6.58. The monoisotopic (exact) mass is 331 g/mol. The molecule has 0 aromatic carbocycles. The van der Waals surface area contributed by atoms with Gasteiger partial charge in [-0.25, -0.2) is 15.8 Å². The first-order valence-corrected chi connectivity index (χ1v) is 7.95. The number of aromatic nitrogens is 2. The fourth-order valence-corrected chi connectivity index (χ4v) is 3.88. The van der Waals surface area contributed by atoms with Crippen LogP contribution in [-0.2, 0) is 0 Å². The van der Waals surface area contributed by atoms with Gasteiger partial charge in [0.1, 0.15) is 16.6 Å². The van der Waals surface area contributed by atoms with Gasteiger partial charge < -0.3 is 10.7 Å². The lowest BCUT2D eigenvalue weighted by Crippen LogP contribution is -2.27. The number of hydrogen-bond acceptors (Lipinski definition) is 6. The molecule has 7 heteroatoms. The average molecular weight is 332 g/mol. The molecule has 2 atom stereocenters. The molecule has 2 unspecified atom stereocenters. The summed E-state index contributed by atoms with van der Waals surface area (Å²) in [5, 5.41) is 4.18. The van der Waals surface area contributed by atoms with E-state index >= 15 is 0 Å². The van der Waals surface area contributed by atoms with E-state index in [-0.39, 0.29) is 0 Å². The molecule has 0 amide bonds. The van der Waals surface area contributed by atoms with E-state index in [0.29, 0.717) is 17.1 Å². The molecule has 1 aliphatic carbocycles. The number of nitrogens with one attached hydrogen (secondary N) is 2. The third kappa shape index (κ3) is 3.07. The molecule has 1 aromatic rings. The maximum absolute atomic E-state index is 5.40. The molecule has 0 aliphatic heterocycles. The molecule has 1 aromatic heterocycles. The third-order valence-electron chi connectivity index (χ3n) is 3.08. The number of thioether (sulfide) groups is 1. The minimum absolute atomic E-state index is 0.478. The molecule has 0 saturated heterocycles. The number of anilines is 2. The number of hydrazine groups is 1. The van der Waals surface area contributed by atoms with E-state index in [1.165, 1.54) is 25.6 Å². The van der Waals surface area contributed by atoms with Crippen molar-refractivity contribution < 1.29 is 0 Å². The zero-order valence-electron chi connectivity index (χ0n) is 10.3. The summed E-state index contributed by atoms with van der Waals surface area (Å²) in [6.07, 6.45) is 5.26. The van der Waals surface area contributed by atoms with Crippen LogP contribution in [0.4, 0.5) is 11.6 Å². The molecular formula is C11H18BrN5S. The zero-order valence-corrected chi connectivity index (χ0v) is 12.7. The highest BCUT2D eigenvalue weighted by Crippen LogP contribution is 2.34. The van der Waals surface area contributed by atoms with Crippen molar-refractivity contribution in [2.75, 3.05) is 16.5 Å². The zero-order chi connectivity index (χ0) is 13.0. The van der Waals surface area contributed by atoms with Gasteiger partial charge in [0.15, 0.2) is 5.82 Å². The van der Waals surface area contributed by atoms with E-state index in [2.05, 4.69) is 43.6 Å². The van der Waals surface area contributed by atoms with Crippen molar-refractivity contribution in [2.24, 2.45) is 5.84 Å². The predicted octanol–water partition coefficient (Wildman–Crippen LogP) is 2.61. The lowest BCUT2D eigenvalue weighted by atomic mass is 10.2. The topological polar surface area (TPSA) is 75.9 Å². The van der Waals surface area contributed by atoms with Crippen molar-refractivity contribution in [3.05, 3.63) is 10.8 Å². The normalized spacial score (nSPS) is 23.1. The average Bonchev–Trinajstić information content (AvgIpc) is 2.80. The molecule has 0 radical (unpaired) electrons. The lowest BCUT2D eigenvalue weighted by molar-refractivity contribution is 0.761. The first-order valence-electron chi connectivity index (χ1n) is 6.11. The fraction of sp³-hybridized carbons (Fsp3) is 0.636. The van der Waals surface area contributed by atoms with E-state index in [4.69, 9.17) is 5.84 Å². The molecule has 0 bridgehead atoms. The number of rotatable bonds is 5. The van der Waals surface area contributed by atoms with Crippen LogP contribution in [0.2, 0.25) is 0 Å². The standard InChI is InChI=1S/C11H18BrN5S/c1-2-18-8-5-3-4-7(8)16-10-9(12)11(17-13)15-6-14-10/h6-8H,2-5,13H2,1H3,(H2,14,15,16,17). The van der Waals surface area contributed by atoms with Gasteiger partial charge in [0.05, 0.1) is 0 Å². The maximum atomic E-state index is 5.40. The lowest BCUT2D eigenvalue weighted by Gasteiger charge is -2.21. The first-order chi connectivity index (χ1) is 8.76. The number of hydrogen-bond donors (Lipinski definition) is 3. The van der Waals surface area contributed by atoms with Crippen LogP contribution in [0.1, 0.15) is 26.2 Å². The van der Waals surface area contributed by atoms with Crippen molar-refractivity contribution in [3.63, 3.8) is 0 Å². The van der Waals surface area contributed by atoms with Crippen molar-refractivity contribution >= 4 is 39.3 Å². The van der Waals surface area contributed by atoms with Gasteiger partial charge >= 0.3 is 0 Å². The Labute approximate surface area is 120 Å². The summed E-state index contributed by atoms with van der Waals surface area (Å²) in [4.78, 5) is 8.32. The van der Waals surface area contributed by atoms with Gasteiger partial charge in [-0.15, -0.1) is 0 Å². The van der Waals surface area contributed by atoms with E-state index in [9.17, 15) is 0 Å². The van der Waals surface area contributed by atoms with Crippen molar-refractivity contribution in [1.82, 2.24) is 9.97 Å². The molecule has 0 spiro atoms. The molecule has 100 valence electrons. The van der Waals surface area contributed by atoms with Crippen molar-refractivity contribution in [3.8, 4) is 0 Å². The Morgan fingerprint density at radius 1 is 1.44 bits per heavy atom. The van der Waals surface area contributed by atoms with Crippen molar-refractivity contribution in [2.45, 2.75) is 37.5 Å². The minimum atomic E-state index is 0.478. The van der Waals surface area contributed by atoms with E-state index in [0.717, 1.165) is 16.0 Å². The van der Waals surface area contributed by atoms with Gasteiger partial charge in [-0.1, -0.05) is 13.3 Å². The largest absolute Gasteiger partial charge is 0.365 e. The number of halogens is 1. The van der Waals surface area contributed by atoms with Gasteiger partial charge in [-0.05, 0) is 34.5 Å². The Bertz CT molecular complexity index is 403. The molecule has 1 heterocycles. The van der Waals surface area contributed by atoms with E-state index in [1.54, 1.807) is 0 Å². The molecular weight excluding hydrogens is 314 g/mol. The van der Waals surface area contributed by atoms with Crippen LogP contribution in [0, 0.1) is 0 Å². The van der Waals surface area contributed by atoms with Crippen LogP contribution in [0.3, 0.4) is 0 Å². The summed E-state index contributed by atoms with van der Waals surface area (Å²) in [7, 11) is 0. The van der Waals surface area contributed by atoms with E-state index < -0.39 is 0 Å². The van der Waals surface area contributed by atoms with Gasteiger partial charge in [-0.3, -0.25) is 0 Å². The number of nitrogens with two attached hydrogens (primary N) is 1. The van der Waals surface area contributed by atoms with Gasteiger partial charge in [0.2, 0.25) is 0 Å². The van der Waals surface area contributed by atoms with Crippen LogP contribution in [0.15, 0.2) is 10.8 Å². The molecule has 1 saturated carbocycles. The Hall–Kier alpha value is -0.530. The Morgan fingerprint density at radius 3 is 2.94 bits per heavy atom. The number of nitrogens with zero attached hydrogens (tertiary/aromatic N) is 2. The van der Waals surface area contributed by atoms with Crippen LogP contribution < -0.4 is 16.6 Å². The first kappa shape index (κ1) is 13.9. The molecule has 1 aliphatic rings. The molecule has 1 fully saturated rings. The maximum Gasteiger partial charge on any atom is 0.159 e. The van der Waals surface area contributed by atoms with Gasteiger partial charge in [0.25, 0.3) is 0 Å². The summed E-state index contributed by atoms with van der Waals surface area (Å²) < 4.78 is 0.791. The van der Waals surface area contributed by atoms with Crippen LogP contribution in [-0.4, -0.2) is 27.0 Å². The van der Waals surface area contributed by atoms with Gasteiger partial charge in [-0.2, -0.15) is 11.8 Å². The van der Waals surface area contributed by atoms with Crippen molar-refractivity contribution in [1.29, 1.82) is 0 Å². The Balaban J connectivity index is 2.09. The minimum Gasteiger partial charge on any atom is -0.365 e. The molecule has 5 nitrogen and oxygen atoms in total. The van der Waals surface area contributed by atoms with E-state index in [1.807, 2.05) is 11.8 Å². The Kier molecular flexibility index (Phi) is 5.08. The second-order valence-corrected chi connectivity index (χ2v) is 6.51.